The molecule has 0 aliphatic carbocycles. The Labute approximate surface area is 107 Å². The Morgan fingerprint density at radius 1 is 1.17 bits per heavy atom. The third-order valence-corrected chi connectivity index (χ3v) is 4.65. The van der Waals surface area contributed by atoms with Gasteiger partial charge in [0, 0.05) is 12.7 Å². The van der Waals surface area contributed by atoms with Crippen molar-refractivity contribution >= 4 is 10.0 Å². The molecule has 18 heavy (non-hydrogen) atoms. The molecule has 1 aliphatic rings. The van der Waals surface area contributed by atoms with Gasteiger partial charge in [-0.25, -0.2) is 8.42 Å². The van der Waals surface area contributed by atoms with E-state index in [0.29, 0.717) is 12.1 Å². The normalized spacial score (nSPS) is 16.1. The second-order valence-corrected chi connectivity index (χ2v) is 6.02. The van der Waals surface area contributed by atoms with Crippen molar-refractivity contribution in [3.05, 3.63) is 42.1 Å². The Kier molecular flexibility index (Phi) is 3.68. The third-order valence-electron chi connectivity index (χ3n) is 2.86. The van der Waals surface area contributed by atoms with Crippen molar-refractivity contribution in [1.29, 1.82) is 5.26 Å². The highest BCUT2D eigenvalue weighted by Crippen LogP contribution is 2.19. The lowest BCUT2D eigenvalue weighted by atomic mass is 10.2. The molecule has 0 fully saturated rings. The molecule has 0 unspecified atom stereocenters. The summed E-state index contributed by atoms with van der Waals surface area (Å²) in [6.45, 7) is 0.513. The van der Waals surface area contributed by atoms with Gasteiger partial charge in [-0.3, -0.25) is 4.31 Å². The monoisotopic (exact) mass is 262 g/mol. The summed E-state index contributed by atoms with van der Waals surface area (Å²) in [5, 5.41) is 8.70. The van der Waals surface area contributed by atoms with E-state index in [9.17, 15) is 8.42 Å². The molecule has 0 aromatic heterocycles. The summed E-state index contributed by atoms with van der Waals surface area (Å²) < 4.78 is 26.0. The van der Waals surface area contributed by atoms with Crippen LogP contribution in [0.4, 0.5) is 0 Å². The van der Waals surface area contributed by atoms with Gasteiger partial charge >= 0.3 is 0 Å². The van der Waals surface area contributed by atoms with E-state index in [0.717, 1.165) is 19.3 Å². The first kappa shape index (κ1) is 12.7. The van der Waals surface area contributed by atoms with E-state index < -0.39 is 10.0 Å². The number of nitrogens with zero attached hydrogens (tertiary/aromatic N) is 2. The van der Waals surface area contributed by atoms with E-state index in [-0.39, 0.29) is 4.90 Å². The number of hydrogen-bond acceptors (Lipinski definition) is 3. The Hall–Kier alpha value is -1.80. The first-order valence-corrected chi connectivity index (χ1v) is 7.27. The Morgan fingerprint density at radius 3 is 2.56 bits per heavy atom. The number of allylic oxidation sites excluding steroid dienone is 1. The summed E-state index contributed by atoms with van der Waals surface area (Å²) in [5.74, 6) is 0. The molecular weight excluding hydrogens is 248 g/mol. The predicted molar refractivity (Wildman–Crippen MR) is 68.0 cm³/mol. The molecule has 0 amide bonds. The second-order valence-electron chi connectivity index (χ2n) is 4.13. The average Bonchev–Trinajstić information content (AvgIpc) is 2.68. The van der Waals surface area contributed by atoms with Crippen LogP contribution in [-0.4, -0.2) is 19.3 Å². The molecule has 1 heterocycles. The second kappa shape index (κ2) is 5.23. The molecule has 2 rings (SSSR count). The zero-order valence-corrected chi connectivity index (χ0v) is 10.7. The van der Waals surface area contributed by atoms with Gasteiger partial charge in [0.15, 0.2) is 0 Å². The summed E-state index contributed by atoms with van der Waals surface area (Å²) in [5.41, 5.74) is 0.459. The van der Waals surface area contributed by atoms with Gasteiger partial charge in [0.2, 0.25) is 0 Å². The smallest absolute Gasteiger partial charge is 0.263 e. The van der Waals surface area contributed by atoms with Gasteiger partial charge in [-0.1, -0.05) is 6.08 Å². The van der Waals surface area contributed by atoms with Crippen molar-refractivity contribution in [1.82, 2.24) is 4.31 Å². The van der Waals surface area contributed by atoms with Gasteiger partial charge in [0.25, 0.3) is 10.0 Å². The summed E-state index contributed by atoms with van der Waals surface area (Å²) in [6.07, 6.45) is 6.31. The fraction of sp³-hybridized carbons (Fsp3) is 0.308. The highest BCUT2D eigenvalue weighted by molar-refractivity contribution is 7.89. The van der Waals surface area contributed by atoms with Gasteiger partial charge in [0.1, 0.15) is 0 Å². The van der Waals surface area contributed by atoms with Crippen LogP contribution < -0.4 is 0 Å². The molecule has 0 radical (unpaired) electrons. The molecule has 4 nitrogen and oxygen atoms in total. The number of nitriles is 1. The zero-order chi connectivity index (χ0) is 13.0. The molecule has 1 aromatic rings. The third kappa shape index (κ3) is 2.54. The van der Waals surface area contributed by atoms with Crippen LogP contribution >= 0.6 is 0 Å². The lowest BCUT2D eigenvalue weighted by molar-refractivity contribution is 0.492. The molecule has 0 N–H and O–H groups in total. The first-order chi connectivity index (χ1) is 8.64. The minimum absolute atomic E-state index is 0.230. The van der Waals surface area contributed by atoms with Crippen LogP contribution in [0.2, 0.25) is 0 Å². The Balaban J connectivity index is 2.32. The van der Waals surface area contributed by atoms with E-state index in [4.69, 9.17) is 5.26 Å². The number of hydrogen-bond donors (Lipinski definition) is 0. The molecule has 0 spiro atoms. The summed E-state index contributed by atoms with van der Waals surface area (Å²) in [4.78, 5) is 0.230. The van der Waals surface area contributed by atoms with Gasteiger partial charge in [-0.05, 0) is 43.5 Å². The van der Waals surface area contributed by atoms with E-state index in [2.05, 4.69) is 0 Å². The van der Waals surface area contributed by atoms with Crippen LogP contribution in [0.1, 0.15) is 24.8 Å². The molecule has 1 aliphatic heterocycles. The van der Waals surface area contributed by atoms with Crippen molar-refractivity contribution in [3.8, 4) is 6.07 Å². The van der Waals surface area contributed by atoms with Crippen LogP contribution in [0.25, 0.3) is 0 Å². The topological polar surface area (TPSA) is 61.2 Å². The van der Waals surface area contributed by atoms with Crippen molar-refractivity contribution < 1.29 is 8.42 Å². The van der Waals surface area contributed by atoms with Crippen LogP contribution in [-0.2, 0) is 10.0 Å². The molecule has 0 saturated carbocycles. The highest BCUT2D eigenvalue weighted by Gasteiger charge is 2.21. The predicted octanol–water partition coefficient (Wildman–Crippen LogP) is 2.25. The molecule has 1 aromatic carbocycles. The largest absolute Gasteiger partial charge is 0.274 e. The molecule has 94 valence electrons. The summed E-state index contributed by atoms with van der Waals surface area (Å²) >= 11 is 0. The maximum absolute atomic E-state index is 12.3. The zero-order valence-electron chi connectivity index (χ0n) is 9.91. The van der Waals surface area contributed by atoms with E-state index in [1.54, 1.807) is 6.20 Å². The van der Waals surface area contributed by atoms with Crippen LogP contribution in [0.3, 0.4) is 0 Å². The van der Waals surface area contributed by atoms with Crippen molar-refractivity contribution in [2.45, 2.75) is 24.2 Å². The Morgan fingerprint density at radius 2 is 1.89 bits per heavy atom. The molecule has 0 saturated heterocycles. The van der Waals surface area contributed by atoms with Crippen LogP contribution in [0, 0.1) is 11.3 Å². The van der Waals surface area contributed by atoms with Crippen molar-refractivity contribution in [2.24, 2.45) is 0 Å². The highest BCUT2D eigenvalue weighted by atomic mass is 32.2. The van der Waals surface area contributed by atoms with Gasteiger partial charge in [-0.15, -0.1) is 0 Å². The maximum atomic E-state index is 12.3. The van der Waals surface area contributed by atoms with Crippen LogP contribution in [0.5, 0.6) is 0 Å². The SMILES string of the molecule is N#Cc1ccc(S(=O)(=O)N2C=CCCCC2)cc1. The van der Waals surface area contributed by atoms with E-state index in [1.165, 1.54) is 28.6 Å². The number of sulfonamides is 1. The van der Waals surface area contributed by atoms with Gasteiger partial charge < -0.3 is 0 Å². The van der Waals surface area contributed by atoms with Gasteiger partial charge in [0.05, 0.1) is 16.5 Å². The lowest BCUT2D eigenvalue weighted by Crippen LogP contribution is -2.26. The molecule has 0 bridgehead atoms. The minimum atomic E-state index is -3.47. The summed E-state index contributed by atoms with van der Waals surface area (Å²) in [7, 11) is -3.47. The standard InChI is InChI=1S/C13H14N2O2S/c14-11-12-5-7-13(8-6-12)18(16,17)15-9-3-1-2-4-10-15/h3,5-9H,1-2,4,10H2. The fourth-order valence-corrected chi connectivity index (χ4v) is 3.20. The lowest BCUT2D eigenvalue weighted by Gasteiger charge is -2.19. The van der Waals surface area contributed by atoms with Crippen molar-refractivity contribution in [2.75, 3.05) is 6.54 Å². The average molecular weight is 262 g/mol. The fourth-order valence-electron chi connectivity index (χ4n) is 1.83. The molecule has 5 heteroatoms. The number of benzene rings is 1. The van der Waals surface area contributed by atoms with E-state index >= 15 is 0 Å². The van der Waals surface area contributed by atoms with Gasteiger partial charge in [-0.2, -0.15) is 5.26 Å². The Bertz CT molecular complexity index is 582. The molecular formula is C13H14N2O2S. The maximum Gasteiger partial charge on any atom is 0.263 e. The van der Waals surface area contributed by atoms with Crippen molar-refractivity contribution in [3.63, 3.8) is 0 Å². The summed E-state index contributed by atoms with van der Waals surface area (Å²) in [6, 6.07) is 7.97. The first-order valence-electron chi connectivity index (χ1n) is 5.83. The quantitative estimate of drug-likeness (QED) is 0.821. The van der Waals surface area contributed by atoms with Crippen LogP contribution in [0.15, 0.2) is 41.4 Å². The van der Waals surface area contributed by atoms with E-state index in [1.807, 2.05) is 12.1 Å². The molecule has 0 atom stereocenters. The minimum Gasteiger partial charge on any atom is -0.274 e. The number of rotatable bonds is 2.